The Kier molecular flexibility index (Phi) is 5.00. The second kappa shape index (κ2) is 7.23. The Bertz CT molecular complexity index is 941. The normalized spacial score (nSPS) is 17.4. The van der Waals surface area contributed by atoms with Gasteiger partial charge in [0.2, 0.25) is 11.7 Å². The number of nitrogens with one attached hydrogen (secondary N) is 1. The monoisotopic (exact) mass is 378 g/mol. The van der Waals surface area contributed by atoms with E-state index in [1.54, 1.807) is 13.8 Å². The standard InChI is InChI=1S/C17H16F2N4O4/c1-8-9(2)23(27-10(3)24)21-13(16(8)25)7-14-20-17(22-26-14)11-5-4-6-12(18)15(11)19/h4-6,13,21H,7H2,1-3H3. The van der Waals surface area contributed by atoms with Gasteiger partial charge in [-0.1, -0.05) is 11.2 Å². The molecule has 1 aromatic heterocycles. The van der Waals surface area contributed by atoms with E-state index < -0.39 is 23.6 Å². The van der Waals surface area contributed by atoms with Crippen molar-refractivity contribution >= 4 is 11.8 Å². The Labute approximate surface area is 152 Å². The predicted octanol–water partition coefficient (Wildman–Crippen LogP) is 2.09. The summed E-state index contributed by atoms with van der Waals surface area (Å²) in [5.74, 6) is -3.03. The van der Waals surface area contributed by atoms with E-state index in [4.69, 9.17) is 9.36 Å². The van der Waals surface area contributed by atoms with Crippen molar-refractivity contribution in [2.45, 2.75) is 33.2 Å². The van der Waals surface area contributed by atoms with E-state index in [2.05, 4.69) is 15.6 Å². The summed E-state index contributed by atoms with van der Waals surface area (Å²) < 4.78 is 32.3. The Hall–Kier alpha value is -3.14. The van der Waals surface area contributed by atoms with Crippen molar-refractivity contribution in [3.05, 3.63) is 47.0 Å². The number of hydrogen-bond acceptors (Lipinski definition) is 8. The third kappa shape index (κ3) is 3.70. The van der Waals surface area contributed by atoms with Gasteiger partial charge in [-0.05, 0) is 26.0 Å². The van der Waals surface area contributed by atoms with Crippen LogP contribution in [0.5, 0.6) is 0 Å². The second-order valence-electron chi connectivity index (χ2n) is 5.95. The van der Waals surface area contributed by atoms with Crippen molar-refractivity contribution in [1.82, 2.24) is 20.7 Å². The molecule has 142 valence electrons. The molecule has 0 radical (unpaired) electrons. The number of aromatic nitrogens is 2. The van der Waals surface area contributed by atoms with E-state index in [0.29, 0.717) is 11.3 Å². The number of ketones is 1. The van der Waals surface area contributed by atoms with Gasteiger partial charge in [0.25, 0.3) is 0 Å². The maximum atomic E-state index is 13.9. The van der Waals surface area contributed by atoms with Crippen LogP contribution in [0.2, 0.25) is 0 Å². The van der Waals surface area contributed by atoms with Gasteiger partial charge < -0.3 is 9.36 Å². The number of carbonyl (C=O) groups is 2. The Morgan fingerprint density at radius 2 is 2.11 bits per heavy atom. The molecule has 0 aliphatic carbocycles. The summed E-state index contributed by atoms with van der Waals surface area (Å²) in [4.78, 5) is 32.7. The van der Waals surface area contributed by atoms with Crippen LogP contribution in [0.3, 0.4) is 0 Å². The van der Waals surface area contributed by atoms with Crippen LogP contribution >= 0.6 is 0 Å². The number of carbonyl (C=O) groups excluding carboxylic acids is 2. The van der Waals surface area contributed by atoms with Crippen LogP contribution < -0.4 is 5.43 Å². The lowest BCUT2D eigenvalue weighted by molar-refractivity contribution is -0.197. The summed E-state index contributed by atoms with van der Waals surface area (Å²) in [6, 6.07) is 2.78. The molecule has 0 saturated heterocycles. The maximum absolute atomic E-state index is 13.9. The largest absolute Gasteiger partial charge is 0.339 e. The highest BCUT2D eigenvalue weighted by molar-refractivity contribution is 6.00. The molecule has 2 heterocycles. The summed E-state index contributed by atoms with van der Waals surface area (Å²) in [6.07, 6.45) is -0.0366. The van der Waals surface area contributed by atoms with Crippen molar-refractivity contribution in [1.29, 1.82) is 0 Å². The molecule has 1 aliphatic rings. The quantitative estimate of drug-likeness (QED) is 0.864. The molecule has 0 spiro atoms. The molecule has 0 amide bonds. The molecule has 0 bridgehead atoms. The minimum Gasteiger partial charge on any atom is -0.339 e. The molecule has 1 aliphatic heterocycles. The molecule has 0 fully saturated rings. The van der Waals surface area contributed by atoms with Crippen molar-refractivity contribution in [2.75, 3.05) is 0 Å². The third-order valence-electron chi connectivity index (χ3n) is 4.07. The molecule has 1 atom stereocenters. The highest BCUT2D eigenvalue weighted by atomic mass is 19.2. The zero-order valence-corrected chi connectivity index (χ0v) is 14.7. The fourth-order valence-electron chi connectivity index (χ4n) is 2.55. The Morgan fingerprint density at radius 3 is 2.81 bits per heavy atom. The van der Waals surface area contributed by atoms with E-state index >= 15 is 0 Å². The first kappa shape index (κ1) is 18.6. The van der Waals surface area contributed by atoms with Crippen LogP contribution in [0, 0.1) is 11.6 Å². The van der Waals surface area contributed by atoms with Crippen LogP contribution in [0.25, 0.3) is 11.4 Å². The zero-order chi connectivity index (χ0) is 19.7. The summed E-state index contributed by atoms with van der Waals surface area (Å²) in [7, 11) is 0. The number of halogens is 2. The van der Waals surface area contributed by atoms with Gasteiger partial charge >= 0.3 is 5.97 Å². The fourth-order valence-corrected chi connectivity index (χ4v) is 2.55. The zero-order valence-electron chi connectivity index (χ0n) is 14.7. The van der Waals surface area contributed by atoms with Crippen molar-refractivity contribution in [3.63, 3.8) is 0 Å². The topological polar surface area (TPSA) is 97.6 Å². The third-order valence-corrected chi connectivity index (χ3v) is 4.07. The number of hydroxylamine groups is 1. The molecule has 2 aromatic rings. The first-order valence-corrected chi connectivity index (χ1v) is 8.01. The van der Waals surface area contributed by atoms with Gasteiger partial charge in [-0.3, -0.25) is 4.79 Å². The van der Waals surface area contributed by atoms with Gasteiger partial charge in [0.15, 0.2) is 17.4 Å². The number of hydrazine groups is 1. The maximum Gasteiger partial charge on any atom is 0.331 e. The van der Waals surface area contributed by atoms with Crippen molar-refractivity contribution < 1.29 is 27.7 Å². The molecule has 8 nitrogen and oxygen atoms in total. The first-order chi connectivity index (χ1) is 12.8. The number of nitrogens with zero attached hydrogens (tertiary/aromatic N) is 3. The van der Waals surface area contributed by atoms with E-state index in [1.165, 1.54) is 19.1 Å². The molecule has 10 heteroatoms. The molecule has 1 N–H and O–H groups in total. The molecule has 0 saturated carbocycles. The second-order valence-corrected chi connectivity index (χ2v) is 5.95. The summed E-state index contributed by atoms with van der Waals surface area (Å²) in [5.41, 5.74) is 3.45. The number of rotatable bonds is 4. The minimum absolute atomic E-state index is 0.0366. The molecular formula is C17H16F2N4O4. The van der Waals surface area contributed by atoms with Crippen LogP contribution in [0.1, 0.15) is 26.7 Å². The number of Topliss-reactive ketones (excluding diaryl/α,β-unsaturated/α-hetero) is 1. The predicted molar refractivity (Wildman–Crippen MR) is 87.3 cm³/mol. The average molecular weight is 378 g/mol. The SMILES string of the molecule is CC(=O)ON1NC(Cc2nc(-c3cccc(F)c3F)no2)C(=O)C(C)=C1C. The summed E-state index contributed by atoms with van der Waals surface area (Å²) in [5, 5.41) is 4.74. The van der Waals surface area contributed by atoms with E-state index in [-0.39, 0.29) is 29.5 Å². The van der Waals surface area contributed by atoms with Gasteiger partial charge in [-0.25, -0.2) is 13.6 Å². The van der Waals surface area contributed by atoms with Gasteiger partial charge in [-0.2, -0.15) is 10.4 Å². The molecule has 27 heavy (non-hydrogen) atoms. The van der Waals surface area contributed by atoms with Crippen LogP contribution in [-0.4, -0.2) is 33.1 Å². The molecule has 3 rings (SSSR count). The van der Waals surface area contributed by atoms with E-state index in [0.717, 1.165) is 11.2 Å². The van der Waals surface area contributed by atoms with Crippen molar-refractivity contribution in [3.8, 4) is 11.4 Å². The molecule has 1 unspecified atom stereocenters. The molecular weight excluding hydrogens is 362 g/mol. The lowest BCUT2D eigenvalue weighted by Crippen LogP contribution is -2.53. The average Bonchev–Trinajstić information content (AvgIpc) is 3.07. The summed E-state index contributed by atoms with van der Waals surface area (Å²) >= 11 is 0. The van der Waals surface area contributed by atoms with Gasteiger partial charge in [0.1, 0.15) is 6.04 Å². The van der Waals surface area contributed by atoms with Crippen LogP contribution in [0.4, 0.5) is 8.78 Å². The van der Waals surface area contributed by atoms with Crippen LogP contribution in [0.15, 0.2) is 34.0 Å². The minimum atomic E-state index is -1.09. The number of benzene rings is 1. The highest BCUT2D eigenvalue weighted by Crippen LogP contribution is 2.23. The highest BCUT2D eigenvalue weighted by Gasteiger charge is 2.33. The van der Waals surface area contributed by atoms with Crippen LogP contribution in [-0.2, 0) is 20.8 Å². The molecule has 1 aromatic carbocycles. The van der Waals surface area contributed by atoms with Gasteiger partial charge in [-0.15, -0.1) is 5.17 Å². The smallest absolute Gasteiger partial charge is 0.331 e. The number of hydrogen-bond donors (Lipinski definition) is 1. The van der Waals surface area contributed by atoms with Crippen molar-refractivity contribution in [2.24, 2.45) is 0 Å². The first-order valence-electron chi connectivity index (χ1n) is 8.01. The van der Waals surface area contributed by atoms with E-state index in [1.807, 2.05) is 0 Å². The fraction of sp³-hybridized carbons (Fsp3) is 0.294. The lowest BCUT2D eigenvalue weighted by atomic mass is 10.00. The lowest BCUT2D eigenvalue weighted by Gasteiger charge is -2.33. The van der Waals surface area contributed by atoms with Gasteiger partial charge in [0, 0.05) is 12.5 Å². The summed E-state index contributed by atoms with van der Waals surface area (Å²) in [6.45, 7) is 4.45. The Balaban J connectivity index is 1.81. The van der Waals surface area contributed by atoms with Gasteiger partial charge in [0.05, 0.1) is 17.7 Å². The van der Waals surface area contributed by atoms with E-state index in [9.17, 15) is 18.4 Å². The number of allylic oxidation sites excluding steroid dienone is 1. The Morgan fingerprint density at radius 1 is 1.37 bits per heavy atom.